The zero-order valence-corrected chi connectivity index (χ0v) is 22.4. The molecule has 0 aliphatic rings. The van der Waals surface area contributed by atoms with E-state index >= 15 is 0 Å². The van der Waals surface area contributed by atoms with Crippen LogP contribution >= 0.6 is 27.5 Å². The maximum absolute atomic E-state index is 13.4. The average Bonchev–Trinajstić information content (AvgIpc) is 2.81. The Morgan fingerprint density at radius 1 is 1.08 bits per heavy atom. The molecule has 0 atom stereocenters. The quantitative estimate of drug-likeness (QED) is 0.222. The van der Waals surface area contributed by atoms with Crippen LogP contribution in [0.1, 0.15) is 31.9 Å². The molecule has 37 heavy (non-hydrogen) atoms. The van der Waals surface area contributed by atoms with Crippen molar-refractivity contribution >= 4 is 44.6 Å². The fourth-order valence-corrected chi connectivity index (χ4v) is 4.44. The first-order valence-corrected chi connectivity index (χ1v) is 12.4. The molecule has 4 rings (SSSR count). The van der Waals surface area contributed by atoms with Crippen molar-refractivity contribution in [2.45, 2.75) is 26.9 Å². The van der Waals surface area contributed by atoms with E-state index in [0.717, 1.165) is 16.8 Å². The van der Waals surface area contributed by atoms with E-state index in [4.69, 9.17) is 16.3 Å². The van der Waals surface area contributed by atoms with Gasteiger partial charge in [-0.25, -0.2) is 4.98 Å². The Kier molecular flexibility index (Phi) is 7.48. The highest BCUT2D eigenvalue weighted by molar-refractivity contribution is 9.10. The largest absolute Gasteiger partial charge is 0.491 e. The molecule has 0 radical (unpaired) electrons. The van der Waals surface area contributed by atoms with Crippen molar-refractivity contribution in [2.24, 2.45) is 10.5 Å². The predicted molar refractivity (Wildman–Crippen MR) is 144 cm³/mol. The van der Waals surface area contributed by atoms with Crippen molar-refractivity contribution in [3.8, 4) is 17.1 Å². The summed E-state index contributed by atoms with van der Waals surface area (Å²) in [5.74, 6) is 0.426. The van der Waals surface area contributed by atoms with Gasteiger partial charge in [-0.05, 0) is 57.7 Å². The minimum absolute atomic E-state index is 0.0377. The van der Waals surface area contributed by atoms with Crippen LogP contribution < -0.4 is 10.3 Å². The van der Waals surface area contributed by atoms with Gasteiger partial charge in [-0.3, -0.25) is 4.79 Å². The molecule has 192 valence electrons. The van der Waals surface area contributed by atoms with Gasteiger partial charge in [-0.2, -0.15) is 22.9 Å². The van der Waals surface area contributed by atoms with Gasteiger partial charge in [-0.1, -0.05) is 56.6 Å². The van der Waals surface area contributed by atoms with Gasteiger partial charge in [0.15, 0.2) is 5.82 Å². The normalized spacial score (nSPS) is 12.4. The Morgan fingerprint density at radius 2 is 1.81 bits per heavy atom. The summed E-state index contributed by atoms with van der Waals surface area (Å²) < 4.78 is 47.8. The van der Waals surface area contributed by atoms with Crippen molar-refractivity contribution in [3.63, 3.8) is 0 Å². The number of benzene rings is 3. The predicted octanol–water partition coefficient (Wildman–Crippen LogP) is 7.81. The number of rotatable bonds is 5. The van der Waals surface area contributed by atoms with Crippen molar-refractivity contribution in [1.82, 2.24) is 9.66 Å². The molecule has 4 aromatic rings. The molecule has 5 nitrogen and oxygen atoms in total. The highest BCUT2D eigenvalue weighted by Crippen LogP contribution is 2.34. The maximum Gasteiger partial charge on any atom is 0.416 e. The number of nitrogens with zero attached hydrogens (tertiary/aromatic N) is 3. The second kappa shape index (κ2) is 10.3. The summed E-state index contributed by atoms with van der Waals surface area (Å²) in [7, 11) is 0. The second-order valence-corrected chi connectivity index (χ2v) is 10.8. The van der Waals surface area contributed by atoms with Gasteiger partial charge >= 0.3 is 6.18 Å². The lowest BCUT2D eigenvalue weighted by Gasteiger charge is -2.20. The molecule has 0 aliphatic carbocycles. The second-order valence-electron chi connectivity index (χ2n) is 9.55. The van der Waals surface area contributed by atoms with E-state index in [-0.39, 0.29) is 22.2 Å². The van der Waals surface area contributed by atoms with E-state index in [0.29, 0.717) is 32.9 Å². The Labute approximate surface area is 224 Å². The van der Waals surface area contributed by atoms with Gasteiger partial charge in [0.25, 0.3) is 5.56 Å². The molecule has 3 aromatic carbocycles. The Bertz CT molecular complexity index is 1560. The number of para-hydroxylation sites is 1. The number of hydrogen-bond acceptors (Lipinski definition) is 4. The van der Waals surface area contributed by atoms with E-state index in [1.54, 1.807) is 36.4 Å². The van der Waals surface area contributed by atoms with Gasteiger partial charge in [0.1, 0.15) is 5.75 Å². The summed E-state index contributed by atoms with van der Waals surface area (Å²) in [6.45, 7) is 6.45. The summed E-state index contributed by atoms with van der Waals surface area (Å²) in [4.78, 5) is 17.9. The number of ether oxygens (including phenoxy) is 1. The number of halogens is 5. The van der Waals surface area contributed by atoms with E-state index in [1.165, 1.54) is 18.3 Å². The topological polar surface area (TPSA) is 56.5 Å². The summed E-state index contributed by atoms with van der Waals surface area (Å²) in [5.41, 5.74) is -0.633. The highest BCUT2D eigenvalue weighted by atomic mass is 79.9. The van der Waals surface area contributed by atoms with E-state index in [1.807, 2.05) is 20.8 Å². The van der Waals surface area contributed by atoms with Crippen LogP contribution in [0.5, 0.6) is 5.75 Å². The fourth-order valence-electron chi connectivity index (χ4n) is 3.49. The lowest BCUT2D eigenvalue weighted by atomic mass is 9.98. The van der Waals surface area contributed by atoms with Crippen LogP contribution in [-0.4, -0.2) is 22.5 Å². The van der Waals surface area contributed by atoms with Crippen LogP contribution in [0.15, 0.2) is 75.0 Å². The van der Waals surface area contributed by atoms with Crippen molar-refractivity contribution in [3.05, 3.63) is 91.6 Å². The SMILES string of the molecule is CC(C)(C)COc1c(Br)cc(Cl)cc1C=Nn1c(-c2cccc(C(F)(F)F)c2)nc2ccccc2c1=O. The van der Waals surface area contributed by atoms with Crippen LogP contribution in [0.3, 0.4) is 0 Å². The van der Waals surface area contributed by atoms with Crippen LogP contribution in [0.25, 0.3) is 22.3 Å². The molecule has 1 heterocycles. The lowest BCUT2D eigenvalue weighted by Crippen LogP contribution is -2.21. The van der Waals surface area contributed by atoms with Gasteiger partial charge < -0.3 is 4.74 Å². The molecule has 0 spiro atoms. The zero-order valence-electron chi connectivity index (χ0n) is 20.1. The van der Waals surface area contributed by atoms with Gasteiger partial charge in [0.05, 0.1) is 33.8 Å². The third-order valence-electron chi connectivity index (χ3n) is 5.20. The maximum atomic E-state index is 13.4. The summed E-state index contributed by atoms with van der Waals surface area (Å²) >= 11 is 9.71. The first-order valence-electron chi connectivity index (χ1n) is 11.2. The molecule has 0 aliphatic heterocycles. The zero-order chi connectivity index (χ0) is 27.0. The van der Waals surface area contributed by atoms with Crippen LogP contribution in [0.2, 0.25) is 5.02 Å². The van der Waals surface area contributed by atoms with Crippen LogP contribution in [-0.2, 0) is 6.18 Å². The van der Waals surface area contributed by atoms with Crippen molar-refractivity contribution in [2.75, 3.05) is 6.61 Å². The molecular formula is C27H22BrClF3N3O2. The molecule has 0 unspecified atom stereocenters. The molecule has 0 fully saturated rings. The van der Waals surface area contributed by atoms with E-state index < -0.39 is 17.3 Å². The van der Waals surface area contributed by atoms with Gasteiger partial charge in [0, 0.05) is 16.1 Å². The number of fused-ring (bicyclic) bond motifs is 1. The standard InChI is InChI=1S/C27H22BrClF3N3O2/c1-26(2,3)15-37-23-17(12-19(29)13-21(23)28)14-33-35-24(16-7-6-8-18(11-16)27(30,31)32)34-22-10-5-4-9-20(22)25(35)36/h4-14H,15H2,1-3H3. The fraction of sp³-hybridized carbons (Fsp3) is 0.222. The smallest absolute Gasteiger partial charge is 0.416 e. The summed E-state index contributed by atoms with van der Waals surface area (Å²) in [5, 5.41) is 5.03. The Morgan fingerprint density at radius 3 is 2.51 bits per heavy atom. The van der Waals surface area contributed by atoms with Crippen molar-refractivity contribution in [1.29, 1.82) is 0 Å². The molecule has 0 N–H and O–H groups in total. The number of alkyl halides is 3. The first kappa shape index (κ1) is 26.9. The minimum atomic E-state index is -4.56. The summed E-state index contributed by atoms with van der Waals surface area (Å²) in [6.07, 6.45) is -3.18. The molecule has 0 bridgehead atoms. The van der Waals surface area contributed by atoms with E-state index in [9.17, 15) is 18.0 Å². The molecular weight excluding hydrogens is 571 g/mol. The van der Waals surface area contributed by atoms with Crippen LogP contribution in [0.4, 0.5) is 13.2 Å². The molecule has 10 heteroatoms. The van der Waals surface area contributed by atoms with Crippen LogP contribution in [0, 0.1) is 5.41 Å². The summed E-state index contributed by atoms with van der Waals surface area (Å²) in [6, 6.07) is 14.5. The third-order valence-corrected chi connectivity index (χ3v) is 6.01. The Balaban J connectivity index is 1.90. The molecule has 0 saturated heterocycles. The van der Waals surface area contributed by atoms with Gasteiger partial charge in [0.2, 0.25) is 0 Å². The monoisotopic (exact) mass is 591 g/mol. The third kappa shape index (κ3) is 6.22. The molecule has 0 amide bonds. The lowest BCUT2D eigenvalue weighted by molar-refractivity contribution is -0.137. The number of aromatic nitrogens is 2. The molecule has 1 aromatic heterocycles. The molecule has 0 saturated carbocycles. The van der Waals surface area contributed by atoms with Crippen molar-refractivity contribution < 1.29 is 17.9 Å². The van der Waals surface area contributed by atoms with Gasteiger partial charge in [-0.15, -0.1) is 0 Å². The number of hydrogen-bond donors (Lipinski definition) is 0. The minimum Gasteiger partial charge on any atom is -0.491 e. The highest BCUT2D eigenvalue weighted by Gasteiger charge is 2.31. The Hall–Kier alpha value is -3.17. The average molecular weight is 593 g/mol. The first-order chi connectivity index (χ1) is 17.3. The van der Waals surface area contributed by atoms with E-state index in [2.05, 4.69) is 26.0 Å².